The van der Waals surface area contributed by atoms with E-state index in [1.807, 2.05) is 0 Å². The van der Waals surface area contributed by atoms with Crippen molar-refractivity contribution in [3.8, 4) is 11.1 Å². The van der Waals surface area contributed by atoms with Crippen molar-refractivity contribution in [2.75, 3.05) is 12.8 Å². The summed E-state index contributed by atoms with van der Waals surface area (Å²) in [5.74, 6) is 0.0946. The van der Waals surface area contributed by atoms with Gasteiger partial charge in [0, 0.05) is 29.8 Å². The van der Waals surface area contributed by atoms with Crippen molar-refractivity contribution in [1.82, 2.24) is 4.90 Å². The molecule has 0 saturated carbocycles. The van der Waals surface area contributed by atoms with Gasteiger partial charge in [-0.25, -0.2) is 0 Å². The van der Waals surface area contributed by atoms with Crippen molar-refractivity contribution in [3.63, 3.8) is 0 Å². The second-order valence-corrected chi connectivity index (χ2v) is 8.77. The summed E-state index contributed by atoms with van der Waals surface area (Å²) in [4.78, 5) is 15.2. The molecule has 2 aliphatic rings. The van der Waals surface area contributed by atoms with E-state index in [0.717, 1.165) is 25.0 Å². The summed E-state index contributed by atoms with van der Waals surface area (Å²) < 4.78 is 38.3. The molecule has 2 aromatic carbocycles. The number of nitrogens with one attached hydrogen (secondary N) is 1. The van der Waals surface area contributed by atoms with Gasteiger partial charge in [-0.2, -0.15) is 13.2 Å². The fraction of sp³-hybridized carbons (Fsp3) is 0.417. The molecule has 2 aromatic rings. The van der Waals surface area contributed by atoms with Crippen LogP contribution in [0.4, 0.5) is 18.9 Å². The van der Waals surface area contributed by atoms with E-state index in [1.165, 1.54) is 25.0 Å². The molecule has 2 fully saturated rings. The van der Waals surface area contributed by atoms with Crippen LogP contribution < -0.4 is 5.73 Å². The summed E-state index contributed by atoms with van der Waals surface area (Å²) in [5, 5.41) is 8.36. The number of carbonyl (C=O) groups excluding carboxylic acids is 1. The fourth-order valence-corrected chi connectivity index (χ4v) is 5.03. The topological polar surface area (TPSA) is 70.2 Å². The molecule has 0 aromatic heterocycles. The normalized spacial score (nSPS) is 23.7. The van der Waals surface area contributed by atoms with Gasteiger partial charge in [-0.1, -0.05) is 24.3 Å². The van der Waals surface area contributed by atoms with Crippen LogP contribution in [0.3, 0.4) is 0 Å². The van der Waals surface area contributed by atoms with Gasteiger partial charge in [0.15, 0.2) is 5.78 Å². The number of Topliss-reactive ketones (excluding diaryl/α,β-unsaturated/α-hetero) is 1. The molecule has 2 heterocycles. The molecule has 0 amide bonds. The van der Waals surface area contributed by atoms with Crippen molar-refractivity contribution in [1.29, 1.82) is 5.41 Å². The van der Waals surface area contributed by atoms with Gasteiger partial charge in [0.05, 0.1) is 5.56 Å². The van der Waals surface area contributed by atoms with Crippen LogP contribution >= 0.6 is 0 Å². The zero-order valence-electron chi connectivity index (χ0n) is 17.4. The molecule has 0 radical (unpaired) electrons. The van der Waals surface area contributed by atoms with Gasteiger partial charge >= 0.3 is 6.18 Å². The number of halogens is 3. The number of carbonyl (C=O) groups is 1. The lowest BCUT2D eigenvalue weighted by atomic mass is 9.85. The number of nitrogen functional groups attached to an aromatic ring is 1. The number of hydrogen-bond acceptors (Lipinski definition) is 4. The van der Waals surface area contributed by atoms with Crippen LogP contribution in [0, 0.1) is 11.3 Å². The molecule has 2 unspecified atom stereocenters. The lowest BCUT2D eigenvalue weighted by molar-refractivity contribution is -0.137. The second-order valence-electron chi connectivity index (χ2n) is 8.77. The molecular formula is C24H26F3N3O. The van der Waals surface area contributed by atoms with E-state index in [-0.39, 0.29) is 17.2 Å². The third kappa shape index (κ3) is 4.37. The molecule has 3 N–H and O–H groups in total. The number of hydrogen-bond donors (Lipinski definition) is 2. The maximum Gasteiger partial charge on any atom is 0.416 e. The monoisotopic (exact) mass is 429 g/mol. The molecule has 2 bridgehead atoms. The smallest absolute Gasteiger partial charge is 0.398 e. The Labute approximate surface area is 179 Å². The minimum atomic E-state index is -4.38. The van der Waals surface area contributed by atoms with Crippen molar-refractivity contribution in [2.45, 2.75) is 50.4 Å². The van der Waals surface area contributed by atoms with E-state index in [1.54, 1.807) is 18.2 Å². The average molecular weight is 429 g/mol. The van der Waals surface area contributed by atoms with Crippen molar-refractivity contribution in [2.24, 2.45) is 5.92 Å². The van der Waals surface area contributed by atoms with E-state index in [9.17, 15) is 18.0 Å². The number of alkyl halides is 3. The van der Waals surface area contributed by atoms with E-state index in [4.69, 9.17) is 11.1 Å². The first-order chi connectivity index (χ1) is 14.6. The Hall–Kier alpha value is -2.67. The summed E-state index contributed by atoms with van der Waals surface area (Å²) in [6.45, 7) is 0. The van der Waals surface area contributed by atoms with Gasteiger partial charge in [0.1, 0.15) is 5.71 Å². The van der Waals surface area contributed by atoms with E-state index in [2.05, 4.69) is 11.9 Å². The third-order valence-corrected chi connectivity index (χ3v) is 6.82. The molecule has 4 nitrogen and oxygen atoms in total. The Balaban J connectivity index is 1.45. The number of piperidine rings is 1. The van der Waals surface area contributed by atoms with Crippen LogP contribution in [0.2, 0.25) is 0 Å². The molecule has 0 spiro atoms. The van der Waals surface area contributed by atoms with Gasteiger partial charge in [0.25, 0.3) is 0 Å². The Morgan fingerprint density at radius 3 is 2.19 bits per heavy atom. The Morgan fingerprint density at radius 2 is 1.65 bits per heavy atom. The molecule has 2 saturated heterocycles. The maximum absolute atomic E-state index is 12.8. The third-order valence-electron chi connectivity index (χ3n) is 6.82. The van der Waals surface area contributed by atoms with Gasteiger partial charge < -0.3 is 10.6 Å². The molecule has 164 valence electrons. The number of rotatable bonds is 5. The van der Waals surface area contributed by atoms with Gasteiger partial charge in [-0.15, -0.1) is 0 Å². The largest absolute Gasteiger partial charge is 0.416 e. The highest BCUT2D eigenvalue weighted by Gasteiger charge is 2.39. The van der Waals surface area contributed by atoms with Crippen molar-refractivity contribution >= 4 is 17.2 Å². The summed E-state index contributed by atoms with van der Waals surface area (Å²) >= 11 is 0. The second kappa shape index (κ2) is 8.11. The Bertz CT molecular complexity index is 986. The fourth-order valence-electron chi connectivity index (χ4n) is 5.03. The number of benzene rings is 2. The van der Waals surface area contributed by atoms with Crippen molar-refractivity contribution in [3.05, 3.63) is 53.6 Å². The zero-order chi connectivity index (χ0) is 22.3. The predicted molar refractivity (Wildman–Crippen MR) is 115 cm³/mol. The SMILES string of the molecule is CN1C2CCC1CC(CC(=O)C(=N)c1ccc(-c3ccc(C(F)(F)F)cc3)cc1N)C2. The highest BCUT2D eigenvalue weighted by Crippen LogP contribution is 2.39. The first-order valence-electron chi connectivity index (χ1n) is 10.5. The summed E-state index contributed by atoms with van der Waals surface area (Å²) in [6.07, 6.45) is 0.329. The minimum Gasteiger partial charge on any atom is -0.398 e. The molecule has 0 aliphatic carbocycles. The molecule has 2 aliphatic heterocycles. The van der Waals surface area contributed by atoms with E-state index in [0.29, 0.717) is 41.1 Å². The molecule has 2 atom stereocenters. The maximum atomic E-state index is 12.8. The molecular weight excluding hydrogens is 403 g/mol. The first-order valence-corrected chi connectivity index (χ1v) is 10.5. The predicted octanol–water partition coefficient (Wildman–Crippen LogP) is 5.15. The van der Waals surface area contributed by atoms with Crippen LogP contribution in [-0.4, -0.2) is 35.5 Å². The van der Waals surface area contributed by atoms with E-state index < -0.39 is 11.7 Å². The van der Waals surface area contributed by atoms with Crippen LogP contribution in [0.1, 0.15) is 43.2 Å². The van der Waals surface area contributed by atoms with Gasteiger partial charge in [-0.05, 0) is 68.0 Å². The first kappa shape index (κ1) is 21.6. The summed E-state index contributed by atoms with van der Waals surface area (Å²) in [7, 11) is 2.15. The van der Waals surface area contributed by atoms with Gasteiger partial charge in [-0.3, -0.25) is 10.2 Å². The molecule has 4 rings (SSSR count). The van der Waals surface area contributed by atoms with Crippen LogP contribution in [0.5, 0.6) is 0 Å². The molecule has 31 heavy (non-hydrogen) atoms. The number of anilines is 1. The minimum absolute atomic E-state index is 0.0947. The molecule has 7 heteroatoms. The lowest BCUT2D eigenvalue weighted by Crippen LogP contribution is -2.40. The van der Waals surface area contributed by atoms with Gasteiger partial charge in [0.2, 0.25) is 0 Å². The number of ketones is 1. The quantitative estimate of drug-likeness (QED) is 0.510. The number of nitrogens with zero attached hydrogens (tertiary/aromatic N) is 1. The lowest BCUT2D eigenvalue weighted by Gasteiger charge is -2.36. The summed E-state index contributed by atoms with van der Waals surface area (Å²) in [6, 6.07) is 10.8. The van der Waals surface area contributed by atoms with Crippen LogP contribution in [0.15, 0.2) is 42.5 Å². The number of nitrogens with two attached hydrogens (primary N) is 1. The number of fused-ring (bicyclic) bond motifs is 2. The highest BCUT2D eigenvalue weighted by atomic mass is 19.4. The Kier molecular flexibility index (Phi) is 5.64. The zero-order valence-corrected chi connectivity index (χ0v) is 17.4. The van der Waals surface area contributed by atoms with E-state index >= 15 is 0 Å². The average Bonchev–Trinajstić information content (AvgIpc) is 2.93. The Morgan fingerprint density at radius 1 is 1.06 bits per heavy atom. The van der Waals surface area contributed by atoms with Crippen molar-refractivity contribution < 1.29 is 18.0 Å². The highest BCUT2D eigenvalue weighted by molar-refractivity contribution is 6.46. The van der Waals surface area contributed by atoms with Crippen LogP contribution in [0.25, 0.3) is 11.1 Å². The summed E-state index contributed by atoms with van der Waals surface area (Å²) in [5.41, 5.74) is 7.19. The standard InChI is InChI=1S/C24H26F3N3O/c1-30-18-7-8-19(30)11-14(10-18)12-22(31)23(29)20-9-4-16(13-21(20)28)15-2-5-17(6-3-15)24(25,26)27/h2-6,9,13-14,18-19,29H,7-8,10-12,28H2,1H3. The van der Waals surface area contributed by atoms with Crippen LogP contribution in [-0.2, 0) is 11.0 Å².